The second-order valence-electron chi connectivity index (χ2n) is 10.2. The Morgan fingerprint density at radius 2 is 2.03 bits per heavy atom. The molecule has 184 valence electrons. The topological polar surface area (TPSA) is 133 Å². The number of aliphatic hydroxyl groups excluding tert-OH is 1. The zero-order valence-electron chi connectivity index (χ0n) is 19.9. The maximum Gasteiger partial charge on any atom is 0.272 e. The van der Waals surface area contributed by atoms with E-state index < -0.39 is 6.10 Å². The predicted octanol–water partition coefficient (Wildman–Crippen LogP) is 1.92. The number of likely N-dealkylation sites (tertiary alicyclic amines) is 1. The molecular weight excluding hydrogens is 446 g/mol. The Kier molecular flexibility index (Phi) is 5.53. The minimum atomic E-state index is -0.526. The van der Waals surface area contributed by atoms with Crippen molar-refractivity contribution in [1.29, 1.82) is 0 Å². The third-order valence-corrected chi connectivity index (χ3v) is 7.28. The summed E-state index contributed by atoms with van der Waals surface area (Å²) < 4.78 is 2.14. The minimum absolute atomic E-state index is 0.0292. The fourth-order valence-corrected chi connectivity index (χ4v) is 5.27. The van der Waals surface area contributed by atoms with Crippen LogP contribution >= 0.6 is 0 Å². The van der Waals surface area contributed by atoms with Crippen molar-refractivity contribution in [3.05, 3.63) is 30.4 Å². The van der Waals surface area contributed by atoms with Gasteiger partial charge < -0.3 is 30.5 Å². The molecule has 0 bridgehead atoms. The molecule has 0 aromatic carbocycles. The fourth-order valence-electron chi connectivity index (χ4n) is 5.27. The molecule has 1 amide bonds. The van der Waals surface area contributed by atoms with E-state index in [4.69, 9.17) is 4.98 Å². The summed E-state index contributed by atoms with van der Waals surface area (Å²) in [7, 11) is 0. The maximum atomic E-state index is 12.8. The number of imidazole rings is 1. The average Bonchev–Trinajstić information content (AvgIpc) is 3.46. The standard InChI is InChI=1S/C24H31N9O2/c1-15(34)8-27-23-30-20(19-21(31-23)33(14-28-19)17-4-2-3-5-17)29-16-6-7-18(26-9-16)22(35)32-12-24(13-32)10-25-11-24/h6-7,9,14-15,17,25,34H,2-5,8,10-13H2,1H3,(H2,27,29,30,31). The summed E-state index contributed by atoms with van der Waals surface area (Å²) in [5.74, 6) is 0.957. The van der Waals surface area contributed by atoms with Crippen molar-refractivity contribution >= 4 is 34.5 Å². The summed E-state index contributed by atoms with van der Waals surface area (Å²) in [5.41, 5.74) is 2.88. The van der Waals surface area contributed by atoms with Gasteiger partial charge in [-0.1, -0.05) is 12.8 Å². The first-order valence-corrected chi connectivity index (χ1v) is 12.4. The molecule has 5 heterocycles. The van der Waals surface area contributed by atoms with E-state index in [1.165, 1.54) is 12.8 Å². The number of nitrogens with one attached hydrogen (secondary N) is 3. The molecule has 1 atom stereocenters. The highest BCUT2D eigenvalue weighted by molar-refractivity contribution is 5.93. The van der Waals surface area contributed by atoms with E-state index in [0.717, 1.165) is 44.7 Å². The molecule has 1 aliphatic carbocycles. The third kappa shape index (κ3) is 4.19. The summed E-state index contributed by atoms with van der Waals surface area (Å²) in [6, 6.07) is 3.97. The highest BCUT2D eigenvalue weighted by Crippen LogP contribution is 2.35. The Labute approximate surface area is 203 Å². The van der Waals surface area contributed by atoms with Crippen LogP contribution in [0.25, 0.3) is 11.2 Å². The molecule has 6 rings (SSSR count). The van der Waals surface area contributed by atoms with Gasteiger partial charge in [0.15, 0.2) is 17.0 Å². The van der Waals surface area contributed by atoms with E-state index in [1.54, 1.807) is 19.2 Å². The van der Waals surface area contributed by atoms with Crippen LogP contribution in [0.15, 0.2) is 24.7 Å². The quantitative estimate of drug-likeness (QED) is 0.403. The SMILES string of the molecule is CC(O)CNc1nc(Nc2ccc(C(=O)N3CC4(CNC4)C3)nc2)c2ncn(C3CCCC3)c2n1. The van der Waals surface area contributed by atoms with Crippen molar-refractivity contribution < 1.29 is 9.90 Å². The number of rotatable bonds is 7. The lowest BCUT2D eigenvalue weighted by atomic mass is 9.74. The van der Waals surface area contributed by atoms with E-state index in [2.05, 4.69) is 35.5 Å². The second kappa shape index (κ2) is 8.72. The van der Waals surface area contributed by atoms with Crippen LogP contribution in [-0.4, -0.2) is 79.2 Å². The molecule has 2 aliphatic heterocycles. The highest BCUT2D eigenvalue weighted by atomic mass is 16.3. The zero-order chi connectivity index (χ0) is 24.0. The molecule has 11 heteroatoms. The van der Waals surface area contributed by atoms with Gasteiger partial charge in [-0.3, -0.25) is 4.79 Å². The van der Waals surface area contributed by atoms with Gasteiger partial charge in [0, 0.05) is 44.2 Å². The molecule has 2 saturated heterocycles. The fraction of sp³-hybridized carbons (Fsp3) is 0.542. The summed E-state index contributed by atoms with van der Waals surface area (Å²) in [6.07, 6.45) is 7.61. The zero-order valence-corrected chi connectivity index (χ0v) is 19.9. The Balaban J connectivity index is 1.23. The van der Waals surface area contributed by atoms with Gasteiger partial charge in [-0.25, -0.2) is 9.97 Å². The van der Waals surface area contributed by atoms with Crippen molar-refractivity contribution in [2.45, 2.75) is 44.8 Å². The van der Waals surface area contributed by atoms with Gasteiger partial charge in [-0.05, 0) is 31.9 Å². The summed E-state index contributed by atoms with van der Waals surface area (Å²) >= 11 is 0. The number of aromatic nitrogens is 5. The molecule has 0 radical (unpaired) electrons. The first-order valence-electron chi connectivity index (χ1n) is 12.4. The van der Waals surface area contributed by atoms with Crippen molar-refractivity contribution in [3.8, 4) is 0 Å². The molecule has 1 saturated carbocycles. The smallest absolute Gasteiger partial charge is 0.272 e. The molecule has 3 fully saturated rings. The molecule has 1 unspecified atom stereocenters. The number of aliphatic hydroxyl groups is 1. The number of amides is 1. The third-order valence-electron chi connectivity index (χ3n) is 7.28. The van der Waals surface area contributed by atoms with Gasteiger partial charge in [0.1, 0.15) is 5.69 Å². The van der Waals surface area contributed by atoms with Crippen molar-refractivity contribution in [2.75, 3.05) is 43.4 Å². The molecule has 3 aliphatic rings. The number of hydrogen-bond donors (Lipinski definition) is 4. The number of pyridine rings is 1. The largest absolute Gasteiger partial charge is 0.392 e. The number of hydrogen-bond acceptors (Lipinski definition) is 9. The van der Waals surface area contributed by atoms with E-state index in [9.17, 15) is 9.90 Å². The number of anilines is 3. The van der Waals surface area contributed by atoms with Crippen molar-refractivity contribution in [1.82, 2.24) is 34.7 Å². The Morgan fingerprint density at radius 3 is 2.69 bits per heavy atom. The first-order chi connectivity index (χ1) is 17.0. The number of nitrogens with zero attached hydrogens (tertiary/aromatic N) is 6. The predicted molar refractivity (Wildman–Crippen MR) is 132 cm³/mol. The van der Waals surface area contributed by atoms with Crippen molar-refractivity contribution in [2.24, 2.45) is 5.41 Å². The van der Waals surface area contributed by atoms with Crippen LogP contribution in [0.3, 0.4) is 0 Å². The Morgan fingerprint density at radius 1 is 1.23 bits per heavy atom. The van der Waals surface area contributed by atoms with Crippen molar-refractivity contribution in [3.63, 3.8) is 0 Å². The van der Waals surface area contributed by atoms with Gasteiger partial charge in [0.05, 0.1) is 24.3 Å². The number of carbonyl (C=O) groups is 1. The van der Waals surface area contributed by atoms with Crippen LogP contribution in [-0.2, 0) is 0 Å². The molecule has 35 heavy (non-hydrogen) atoms. The molecule has 11 nitrogen and oxygen atoms in total. The van der Waals surface area contributed by atoms with Gasteiger partial charge in [0.25, 0.3) is 5.91 Å². The van der Waals surface area contributed by atoms with Crippen LogP contribution in [0.4, 0.5) is 17.5 Å². The number of carbonyl (C=O) groups excluding carboxylic acids is 1. The van der Waals surface area contributed by atoms with Gasteiger partial charge >= 0.3 is 0 Å². The monoisotopic (exact) mass is 477 g/mol. The summed E-state index contributed by atoms with van der Waals surface area (Å²) in [5, 5.41) is 19.4. The lowest BCUT2D eigenvalue weighted by Crippen LogP contribution is -2.71. The van der Waals surface area contributed by atoms with Gasteiger partial charge in [0.2, 0.25) is 5.95 Å². The van der Waals surface area contributed by atoms with Gasteiger partial charge in [-0.15, -0.1) is 0 Å². The van der Waals surface area contributed by atoms with Gasteiger partial charge in [-0.2, -0.15) is 9.97 Å². The second-order valence-corrected chi connectivity index (χ2v) is 10.2. The highest BCUT2D eigenvalue weighted by Gasteiger charge is 2.49. The normalized spacial score (nSPS) is 20.0. The minimum Gasteiger partial charge on any atom is -0.392 e. The molecule has 4 N–H and O–H groups in total. The number of fused-ring (bicyclic) bond motifs is 1. The lowest BCUT2D eigenvalue weighted by molar-refractivity contribution is -0.0251. The lowest BCUT2D eigenvalue weighted by Gasteiger charge is -2.55. The van der Waals surface area contributed by atoms with E-state index in [-0.39, 0.29) is 11.3 Å². The van der Waals surface area contributed by atoms with E-state index >= 15 is 0 Å². The van der Waals surface area contributed by atoms with Crippen LogP contribution in [0.5, 0.6) is 0 Å². The van der Waals surface area contributed by atoms with E-state index in [1.807, 2.05) is 17.3 Å². The van der Waals surface area contributed by atoms with E-state index in [0.29, 0.717) is 41.3 Å². The maximum absolute atomic E-state index is 12.8. The first kappa shape index (κ1) is 22.2. The molecule has 1 spiro atoms. The molecule has 3 aromatic rings. The van der Waals surface area contributed by atoms with Crippen LogP contribution in [0.2, 0.25) is 0 Å². The van der Waals surface area contributed by atoms with Crippen LogP contribution in [0, 0.1) is 5.41 Å². The van der Waals surface area contributed by atoms with Crippen LogP contribution in [0.1, 0.15) is 49.1 Å². The summed E-state index contributed by atoms with van der Waals surface area (Å²) in [4.78, 5) is 33.0. The Hall–Kier alpha value is -3.31. The van der Waals surface area contributed by atoms with Crippen LogP contribution < -0.4 is 16.0 Å². The Bertz CT molecular complexity index is 1220. The summed E-state index contributed by atoms with van der Waals surface area (Å²) in [6.45, 7) is 5.63. The average molecular weight is 478 g/mol. The molecular formula is C24H31N9O2. The molecule has 3 aromatic heterocycles.